The van der Waals surface area contributed by atoms with Crippen LogP contribution < -0.4 is 9.62 Å². The summed E-state index contributed by atoms with van der Waals surface area (Å²) in [5, 5.41) is 8.89. The molecular formula is C22H26N6O2S3. The third kappa shape index (κ3) is 5.66. The van der Waals surface area contributed by atoms with Gasteiger partial charge in [-0.25, -0.2) is 13.4 Å². The number of nitrogens with zero attached hydrogens (tertiary/aromatic N) is 5. The van der Waals surface area contributed by atoms with Gasteiger partial charge in [0.25, 0.3) is 10.0 Å². The molecule has 11 heteroatoms. The van der Waals surface area contributed by atoms with Gasteiger partial charge in [-0.3, -0.25) is 4.72 Å². The smallest absolute Gasteiger partial charge is 0.263 e. The highest BCUT2D eigenvalue weighted by Gasteiger charge is 2.21. The molecule has 33 heavy (non-hydrogen) atoms. The molecule has 0 radical (unpaired) electrons. The number of thiocarbonyl (C=S) groups is 1. The Hall–Kier alpha value is -2.63. The topological polar surface area (TPSA) is 91.3 Å². The Morgan fingerprint density at radius 1 is 1.12 bits per heavy atom. The van der Waals surface area contributed by atoms with Crippen molar-refractivity contribution in [3.05, 3.63) is 58.7 Å². The molecule has 3 aromatic rings. The molecule has 1 aliphatic heterocycles. The summed E-state index contributed by atoms with van der Waals surface area (Å²) < 4.78 is 27.8. The summed E-state index contributed by atoms with van der Waals surface area (Å²) in [5.74, 6) is 1.04. The van der Waals surface area contributed by atoms with E-state index in [0.717, 1.165) is 47.6 Å². The van der Waals surface area contributed by atoms with E-state index >= 15 is 0 Å². The fraction of sp³-hybridized carbons (Fsp3) is 0.364. The number of benzene rings is 1. The van der Waals surface area contributed by atoms with Crippen molar-refractivity contribution < 1.29 is 8.42 Å². The Labute approximate surface area is 203 Å². The first-order valence-electron chi connectivity index (χ1n) is 10.7. The monoisotopic (exact) mass is 502 g/mol. The third-order valence-corrected chi connectivity index (χ3v) is 8.36. The van der Waals surface area contributed by atoms with Crippen LogP contribution in [0.1, 0.15) is 23.1 Å². The highest BCUT2D eigenvalue weighted by molar-refractivity contribution is 7.93. The second kappa shape index (κ2) is 10.1. The number of piperazine rings is 1. The first kappa shape index (κ1) is 23.5. The molecule has 0 bridgehead atoms. The highest BCUT2D eigenvalue weighted by atomic mass is 32.2. The molecule has 0 unspecified atom stereocenters. The van der Waals surface area contributed by atoms with Gasteiger partial charge in [-0.2, -0.15) is 0 Å². The number of rotatable bonds is 7. The van der Waals surface area contributed by atoms with Crippen LogP contribution in [0.25, 0.3) is 0 Å². The van der Waals surface area contributed by atoms with Crippen LogP contribution in [0.2, 0.25) is 0 Å². The van der Waals surface area contributed by atoms with Crippen molar-refractivity contribution in [2.75, 3.05) is 35.8 Å². The molecular weight excluding hydrogens is 476 g/mol. The zero-order chi connectivity index (χ0) is 23.4. The number of aromatic nitrogens is 3. The Morgan fingerprint density at radius 3 is 2.48 bits per heavy atom. The van der Waals surface area contributed by atoms with E-state index < -0.39 is 10.0 Å². The van der Waals surface area contributed by atoms with Crippen molar-refractivity contribution in [2.24, 2.45) is 0 Å². The minimum atomic E-state index is -3.71. The molecule has 1 aromatic carbocycles. The molecule has 1 saturated heterocycles. The summed E-state index contributed by atoms with van der Waals surface area (Å²) in [6.07, 6.45) is 3.14. The zero-order valence-electron chi connectivity index (χ0n) is 18.6. The van der Waals surface area contributed by atoms with Gasteiger partial charge < -0.3 is 9.80 Å². The Morgan fingerprint density at radius 2 is 1.85 bits per heavy atom. The standard InChI is InChI=1S/C22H26N6O2S3/c1-3-19-24-25-22(32-19)26-33(29,30)18-8-6-17(7-9-18)15-20(31)27-11-13-28(14-12-27)21-16(2)5-4-10-23-21/h4-10H,3,11-15H2,1-2H3,(H,25,26). The SMILES string of the molecule is CCc1nnc(NS(=O)(=O)c2ccc(CC(=S)N3CCN(c4ncccc4C)CC3)cc2)s1. The third-order valence-electron chi connectivity index (χ3n) is 5.49. The number of hydrogen-bond donors (Lipinski definition) is 1. The van der Waals surface area contributed by atoms with E-state index in [1.807, 2.05) is 31.3 Å². The van der Waals surface area contributed by atoms with Gasteiger partial charge >= 0.3 is 0 Å². The lowest BCUT2D eigenvalue weighted by molar-refractivity contribution is 0.385. The molecule has 1 N–H and O–H groups in total. The van der Waals surface area contributed by atoms with E-state index in [0.29, 0.717) is 12.8 Å². The maximum Gasteiger partial charge on any atom is 0.263 e. The van der Waals surface area contributed by atoms with Crippen LogP contribution in [-0.4, -0.2) is 59.7 Å². The fourth-order valence-electron chi connectivity index (χ4n) is 3.66. The minimum Gasteiger partial charge on any atom is -0.362 e. The summed E-state index contributed by atoms with van der Waals surface area (Å²) in [6, 6.07) is 10.9. The van der Waals surface area contributed by atoms with Gasteiger partial charge in [-0.05, 0) is 42.7 Å². The molecule has 4 rings (SSSR count). The molecule has 2 aromatic heterocycles. The molecule has 1 fully saturated rings. The van der Waals surface area contributed by atoms with Crippen LogP contribution in [0.4, 0.5) is 10.9 Å². The zero-order valence-corrected chi connectivity index (χ0v) is 21.0. The number of nitrogens with one attached hydrogen (secondary N) is 1. The normalized spacial score (nSPS) is 14.4. The Bertz CT molecular complexity index is 1220. The lowest BCUT2D eigenvalue weighted by Crippen LogP contribution is -2.49. The van der Waals surface area contributed by atoms with E-state index in [9.17, 15) is 8.42 Å². The van der Waals surface area contributed by atoms with E-state index in [-0.39, 0.29) is 10.0 Å². The molecule has 0 aliphatic carbocycles. The Kier molecular flexibility index (Phi) is 7.20. The van der Waals surface area contributed by atoms with Gasteiger partial charge in [0.2, 0.25) is 5.13 Å². The predicted octanol–water partition coefficient (Wildman–Crippen LogP) is 3.30. The van der Waals surface area contributed by atoms with Gasteiger partial charge in [0, 0.05) is 38.8 Å². The summed E-state index contributed by atoms with van der Waals surface area (Å²) >= 11 is 6.93. The second-order valence-corrected chi connectivity index (χ2v) is 11.0. The van der Waals surface area contributed by atoms with Gasteiger partial charge in [-0.15, -0.1) is 10.2 Å². The van der Waals surface area contributed by atoms with Crippen LogP contribution in [0, 0.1) is 6.92 Å². The Balaban J connectivity index is 1.33. The number of hydrogen-bond acceptors (Lipinski definition) is 8. The number of sulfonamides is 1. The largest absolute Gasteiger partial charge is 0.362 e. The summed E-state index contributed by atoms with van der Waals surface area (Å²) in [5.41, 5.74) is 2.15. The quantitative estimate of drug-likeness (QED) is 0.492. The maximum atomic E-state index is 12.6. The van der Waals surface area contributed by atoms with Crippen molar-refractivity contribution in [2.45, 2.75) is 31.6 Å². The highest BCUT2D eigenvalue weighted by Crippen LogP contribution is 2.21. The number of pyridine rings is 1. The fourth-order valence-corrected chi connectivity index (χ4v) is 5.92. The lowest BCUT2D eigenvalue weighted by atomic mass is 10.1. The van der Waals surface area contributed by atoms with Crippen molar-refractivity contribution in [1.82, 2.24) is 20.1 Å². The van der Waals surface area contributed by atoms with Gasteiger partial charge in [0.1, 0.15) is 10.8 Å². The molecule has 0 spiro atoms. The first-order valence-corrected chi connectivity index (χ1v) is 13.4. The maximum absolute atomic E-state index is 12.6. The average Bonchev–Trinajstić information content (AvgIpc) is 3.27. The van der Waals surface area contributed by atoms with Gasteiger partial charge in [0.15, 0.2) is 0 Å². The molecule has 0 atom stereocenters. The van der Waals surface area contributed by atoms with Crippen molar-refractivity contribution in [3.8, 4) is 0 Å². The molecule has 174 valence electrons. The van der Waals surface area contributed by atoms with Crippen LogP contribution >= 0.6 is 23.6 Å². The molecule has 0 saturated carbocycles. The molecule has 8 nitrogen and oxygen atoms in total. The van der Waals surface area contributed by atoms with E-state index in [2.05, 4.69) is 42.7 Å². The van der Waals surface area contributed by atoms with Gasteiger partial charge in [-0.1, -0.05) is 48.7 Å². The van der Waals surface area contributed by atoms with Gasteiger partial charge in [0.05, 0.1) is 9.88 Å². The summed E-state index contributed by atoms with van der Waals surface area (Å²) in [7, 11) is -3.71. The number of anilines is 2. The number of aryl methyl sites for hydroxylation is 2. The van der Waals surface area contributed by atoms with Crippen molar-refractivity contribution in [1.29, 1.82) is 0 Å². The summed E-state index contributed by atoms with van der Waals surface area (Å²) in [4.78, 5) is 10.1. The summed E-state index contributed by atoms with van der Waals surface area (Å²) in [6.45, 7) is 7.44. The van der Waals surface area contributed by atoms with Crippen LogP contribution in [0.15, 0.2) is 47.5 Å². The average molecular weight is 503 g/mol. The lowest BCUT2D eigenvalue weighted by Gasteiger charge is -2.37. The van der Waals surface area contributed by atoms with E-state index in [4.69, 9.17) is 12.2 Å². The second-order valence-electron chi connectivity index (χ2n) is 7.79. The molecule has 1 aliphatic rings. The van der Waals surface area contributed by atoms with Crippen LogP contribution in [0.5, 0.6) is 0 Å². The molecule has 0 amide bonds. The minimum absolute atomic E-state index is 0.185. The molecule has 3 heterocycles. The van der Waals surface area contributed by atoms with E-state index in [1.54, 1.807) is 12.1 Å². The van der Waals surface area contributed by atoms with Crippen molar-refractivity contribution in [3.63, 3.8) is 0 Å². The van der Waals surface area contributed by atoms with Crippen molar-refractivity contribution >= 4 is 49.5 Å². The van der Waals surface area contributed by atoms with Crippen LogP contribution in [-0.2, 0) is 22.9 Å². The first-order chi connectivity index (χ1) is 15.9. The van der Waals surface area contributed by atoms with E-state index in [1.165, 1.54) is 16.9 Å². The predicted molar refractivity (Wildman–Crippen MR) is 136 cm³/mol. The van der Waals surface area contributed by atoms with Crippen LogP contribution in [0.3, 0.4) is 0 Å².